The lowest BCUT2D eigenvalue weighted by Crippen LogP contribution is -2.40. The second kappa shape index (κ2) is 11.8. The number of carbonyl (C=O) groups is 2. The largest absolute Gasteiger partial charge is 0.496 e. The Balaban J connectivity index is 1.50. The molecular weight excluding hydrogens is 528 g/mol. The van der Waals surface area contributed by atoms with Crippen molar-refractivity contribution in [3.63, 3.8) is 0 Å². The van der Waals surface area contributed by atoms with Gasteiger partial charge in [-0.1, -0.05) is 67.3 Å². The van der Waals surface area contributed by atoms with Gasteiger partial charge in [0.05, 0.1) is 12.1 Å². The highest BCUT2D eigenvalue weighted by molar-refractivity contribution is 7.21. The van der Waals surface area contributed by atoms with Gasteiger partial charge in [-0.15, -0.1) is 11.3 Å². The number of fused-ring (bicyclic) bond motifs is 1. The number of hydrogen-bond acceptors (Lipinski definition) is 4. The maximum absolute atomic E-state index is 14.1. The van der Waals surface area contributed by atoms with E-state index >= 15 is 0 Å². The van der Waals surface area contributed by atoms with Gasteiger partial charge in [-0.25, -0.2) is 0 Å². The Hall–Kier alpha value is -3.35. The van der Waals surface area contributed by atoms with E-state index in [1.165, 1.54) is 17.8 Å². The van der Waals surface area contributed by atoms with Crippen molar-refractivity contribution in [1.29, 1.82) is 0 Å². The van der Waals surface area contributed by atoms with Gasteiger partial charge in [0.2, 0.25) is 5.91 Å². The Morgan fingerprint density at radius 3 is 2.33 bits per heavy atom. The Morgan fingerprint density at radius 2 is 1.67 bits per heavy atom. The summed E-state index contributed by atoms with van der Waals surface area (Å²) in [7, 11) is 3.43. The summed E-state index contributed by atoms with van der Waals surface area (Å²) in [6, 6.07) is 22.1. The van der Waals surface area contributed by atoms with E-state index in [0.717, 1.165) is 63.9 Å². The van der Waals surface area contributed by atoms with E-state index < -0.39 is 0 Å². The van der Waals surface area contributed by atoms with Crippen LogP contribution in [0.5, 0.6) is 5.75 Å². The van der Waals surface area contributed by atoms with Gasteiger partial charge in [0.1, 0.15) is 10.6 Å². The summed E-state index contributed by atoms with van der Waals surface area (Å²) in [6.45, 7) is 1.99. The lowest BCUT2D eigenvalue weighted by molar-refractivity contribution is -0.116. The predicted octanol–water partition coefficient (Wildman–Crippen LogP) is 8.19. The van der Waals surface area contributed by atoms with Gasteiger partial charge in [0.25, 0.3) is 5.91 Å². The molecule has 39 heavy (non-hydrogen) atoms. The molecule has 0 unspecified atom stereocenters. The quantitative estimate of drug-likeness (QED) is 0.229. The van der Waals surface area contributed by atoms with E-state index in [2.05, 4.69) is 6.07 Å². The molecule has 0 aliphatic heterocycles. The number of amides is 2. The molecule has 0 radical (unpaired) electrons. The minimum Gasteiger partial charge on any atom is -0.496 e. The second-order valence-electron chi connectivity index (χ2n) is 10.1. The molecule has 4 aromatic rings. The number of halogens is 1. The average Bonchev–Trinajstić information content (AvgIpc) is 3.31. The third-order valence-corrected chi connectivity index (χ3v) is 9.35. The van der Waals surface area contributed by atoms with Crippen LogP contribution >= 0.6 is 22.9 Å². The third-order valence-electron chi connectivity index (χ3n) is 7.69. The summed E-state index contributed by atoms with van der Waals surface area (Å²) in [5.41, 5.74) is 3.85. The molecule has 1 aliphatic rings. The maximum atomic E-state index is 14.1. The van der Waals surface area contributed by atoms with E-state index in [0.29, 0.717) is 16.4 Å². The first-order chi connectivity index (χ1) is 18.9. The molecule has 1 saturated carbocycles. The van der Waals surface area contributed by atoms with Crippen LogP contribution < -0.4 is 9.64 Å². The molecule has 1 heterocycles. The Labute approximate surface area is 239 Å². The van der Waals surface area contributed by atoms with Crippen LogP contribution in [-0.4, -0.2) is 36.9 Å². The number of rotatable bonds is 7. The number of ether oxygens (including phenoxy) is 1. The first-order valence-corrected chi connectivity index (χ1v) is 14.6. The normalized spacial score (nSPS) is 13.8. The van der Waals surface area contributed by atoms with E-state index in [-0.39, 0.29) is 17.9 Å². The molecule has 3 aromatic carbocycles. The highest BCUT2D eigenvalue weighted by Gasteiger charge is 2.30. The Bertz CT molecular complexity index is 1490. The van der Waals surface area contributed by atoms with Crippen molar-refractivity contribution in [1.82, 2.24) is 4.90 Å². The van der Waals surface area contributed by atoms with E-state index in [4.69, 9.17) is 16.3 Å². The molecule has 5 nitrogen and oxygen atoms in total. The SMILES string of the molecule is COc1ccc(-c2ccc(N(C)C(C)=O)cc2)cc1CN(C(=O)c1sc2ccccc2c1Cl)C1CCCCC1. The molecule has 202 valence electrons. The van der Waals surface area contributed by atoms with Gasteiger partial charge in [-0.2, -0.15) is 0 Å². The number of carbonyl (C=O) groups excluding carboxylic acids is 2. The minimum absolute atomic E-state index is 0.0132. The zero-order chi connectivity index (χ0) is 27.5. The highest BCUT2D eigenvalue weighted by atomic mass is 35.5. The molecule has 0 spiro atoms. The van der Waals surface area contributed by atoms with Crippen LogP contribution in [0.2, 0.25) is 5.02 Å². The van der Waals surface area contributed by atoms with Crippen LogP contribution in [0, 0.1) is 0 Å². The minimum atomic E-state index is -0.0165. The number of benzene rings is 3. The van der Waals surface area contributed by atoms with E-state index in [9.17, 15) is 9.59 Å². The average molecular weight is 561 g/mol. The molecule has 5 rings (SSSR count). The van der Waals surface area contributed by atoms with E-state index in [1.54, 1.807) is 26.0 Å². The summed E-state index contributed by atoms with van der Waals surface area (Å²) >= 11 is 8.24. The van der Waals surface area contributed by atoms with Crippen molar-refractivity contribution in [3.05, 3.63) is 82.2 Å². The molecule has 1 aliphatic carbocycles. The van der Waals surface area contributed by atoms with E-state index in [1.807, 2.05) is 65.6 Å². The number of anilines is 1. The van der Waals surface area contributed by atoms with Gasteiger partial charge in [0, 0.05) is 47.9 Å². The van der Waals surface area contributed by atoms with Crippen molar-refractivity contribution in [3.8, 4) is 16.9 Å². The van der Waals surface area contributed by atoms with Gasteiger partial charge in [-0.3, -0.25) is 9.59 Å². The van der Waals surface area contributed by atoms with Crippen LogP contribution in [0.4, 0.5) is 5.69 Å². The summed E-state index contributed by atoms with van der Waals surface area (Å²) in [6.07, 6.45) is 5.41. The van der Waals surface area contributed by atoms with Gasteiger partial charge < -0.3 is 14.5 Å². The molecule has 0 saturated heterocycles. The lowest BCUT2D eigenvalue weighted by Gasteiger charge is -2.34. The fourth-order valence-corrected chi connectivity index (χ4v) is 6.83. The fourth-order valence-electron chi connectivity index (χ4n) is 5.37. The highest BCUT2D eigenvalue weighted by Crippen LogP contribution is 2.38. The maximum Gasteiger partial charge on any atom is 0.266 e. The first-order valence-electron chi connectivity index (χ1n) is 13.4. The van der Waals surface area contributed by atoms with Crippen molar-refractivity contribution >= 4 is 50.5 Å². The number of nitrogens with zero attached hydrogens (tertiary/aromatic N) is 2. The zero-order valence-electron chi connectivity index (χ0n) is 22.6. The Morgan fingerprint density at radius 1 is 0.974 bits per heavy atom. The molecule has 0 bridgehead atoms. The topological polar surface area (TPSA) is 49.9 Å². The second-order valence-corrected chi connectivity index (χ2v) is 11.5. The third kappa shape index (κ3) is 5.68. The van der Waals surface area contributed by atoms with Crippen molar-refractivity contribution in [2.75, 3.05) is 19.1 Å². The number of hydrogen-bond donors (Lipinski definition) is 0. The van der Waals surface area contributed by atoms with Gasteiger partial charge in [-0.05, 0) is 54.3 Å². The van der Waals surface area contributed by atoms with Crippen LogP contribution in [0.1, 0.15) is 54.3 Å². The monoisotopic (exact) mass is 560 g/mol. The lowest BCUT2D eigenvalue weighted by atomic mass is 9.93. The molecular formula is C32H33ClN2O3S. The van der Waals surface area contributed by atoms with Gasteiger partial charge >= 0.3 is 0 Å². The van der Waals surface area contributed by atoms with Crippen LogP contribution in [-0.2, 0) is 11.3 Å². The molecule has 2 amide bonds. The van der Waals surface area contributed by atoms with Crippen LogP contribution in [0.25, 0.3) is 21.2 Å². The van der Waals surface area contributed by atoms with Crippen molar-refractivity contribution < 1.29 is 14.3 Å². The molecule has 1 fully saturated rings. The zero-order valence-corrected chi connectivity index (χ0v) is 24.1. The fraction of sp³-hybridized carbons (Fsp3) is 0.312. The Kier molecular flexibility index (Phi) is 8.24. The van der Waals surface area contributed by atoms with Crippen LogP contribution in [0.3, 0.4) is 0 Å². The molecule has 1 aromatic heterocycles. The van der Waals surface area contributed by atoms with Gasteiger partial charge in [0.15, 0.2) is 0 Å². The summed E-state index contributed by atoms with van der Waals surface area (Å²) in [5.74, 6) is 0.723. The van der Waals surface area contributed by atoms with Crippen LogP contribution in [0.15, 0.2) is 66.7 Å². The number of methoxy groups -OCH3 is 1. The molecule has 0 N–H and O–H groups in total. The summed E-state index contributed by atoms with van der Waals surface area (Å²) < 4.78 is 6.77. The number of thiophene rings is 1. The van der Waals surface area contributed by atoms with Crippen molar-refractivity contribution in [2.45, 2.75) is 51.6 Å². The van der Waals surface area contributed by atoms with Crippen molar-refractivity contribution in [2.24, 2.45) is 0 Å². The molecule has 7 heteroatoms. The molecule has 0 atom stereocenters. The standard InChI is InChI=1S/C32H33ClN2O3S/c1-21(36)34(2)25-16-13-22(14-17-25)23-15-18-28(38-3)24(19-23)20-35(26-9-5-4-6-10-26)32(37)31-30(33)27-11-7-8-12-29(27)39-31/h7-8,11-19,26H,4-6,9-10,20H2,1-3H3. The first kappa shape index (κ1) is 27.2. The predicted molar refractivity (Wildman–Crippen MR) is 161 cm³/mol. The summed E-state index contributed by atoms with van der Waals surface area (Å²) in [4.78, 5) is 30.1. The smallest absolute Gasteiger partial charge is 0.266 e. The summed E-state index contributed by atoms with van der Waals surface area (Å²) in [5, 5.41) is 1.47.